The van der Waals surface area contributed by atoms with Crippen LogP contribution in [0.3, 0.4) is 0 Å². The summed E-state index contributed by atoms with van der Waals surface area (Å²) in [5.74, 6) is -0.286. The van der Waals surface area contributed by atoms with Crippen LogP contribution in [-0.2, 0) is 6.18 Å². The van der Waals surface area contributed by atoms with Crippen molar-refractivity contribution in [3.8, 4) is 0 Å². The third-order valence-electron chi connectivity index (χ3n) is 4.07. The van der Waals surface area contributed by atoms with Gasteiger partial charge < -0.3 is 15.5 Å². The quantitative estimate of drug-likeness (QED) is 0.923. The Kier molecular flexibility index (Phi) is 5.24. The van der Waals surface area contributed by atoms with Crippen LogP contribution in [0.2, 0.25) is 0 Å². The molecule has 0 spiro atoms. The van der Waals surface area contributed by atoms with Gasteiger partial charge in [0.05, 0.1) is 5.56 Å². The van der Waals surface area contributed by atoms with E-state index in [0.29, 0.717) is 12.1 Å². The molecule has 118 valence electrons. The van der Waals surface area contributed by atoms with E-state index in [2.05, 4.69) is 16.8 Å². The summed E-state index contributed by atoms with van der Waals surface area (Å²) >= 11 is 0. The molecule has 0 aromatic heterocycles. The lowest BCUT2D eigenvalue weighted by Crippen LogP contribution is -2.46. The second-order valence-electron chi connectivity index (χ2n) is 5.62. The molecule has 1 unspecified atom stereocenters. The fourth-order valence-electron chi connectivity index (χ4n) is 2.75. The van der Waals surface area contributed by atoms with Crippen molar-refractivity contribution >= 4 is 0 Å². The third kappa shape index (κ3) is 4.18. The maximum absolute atomic E-state index is 13.1. The van der Waals surface area contributed by atoms with Crippen LogP contribution < -0.4 is 5.73 Å². The van der Waals surface area contributed by atoms with Gasteiger partial charge in [0.1, 0.15) is 0 Å². The molecule has 1 aromatic carbocycles. The Labute approximate surface area is 123 Å². The van der Waals surface area contributed by atoms with Crippen molar-refractivity contribution in [1.82, 2.24) is 9.80 Å². The van der Waals surface area contributed by atoms with Crippen molar-refractivity contribution in [2.24, 2.45) is 5.73 Å². The topological polar surface area (TPSA) is 32.5 Å². The number of hydrogen-bond acceptors (Lipinski definition) is 3. The molecule has 0 amide bonds. The number of halogens is 3. The minimum Gasteiger partial charge on any atom is -0.330 e. The highest BCUT2D eigenvalue weighted by Gasteiger charge is 2.35. The molecule has 1 aromatic rings. The summed E-state index contributed by atoms with van der Waals surface area (Å²) < 4.78 is 39.3. The van der Waals surface area contributed by atoms with Gasteiger partial charge in [-0.25, -0.2) is 0 Å². The van der Waals surface area contributed by atoms with Crippen LogP contribution in [0.5, 0.6) is 0 Å². The van der Waals surface area contributed by atoms with Crippen molar-refractivity contribution < 1.29 is 13.2 Å². The van der Waals surface area contributed by atoms with Crippen LogP contribution in [0, 0.1) is 0 Å². The number of hydrogen-bond donors (Lipinski definition) is 1. The molecule has 1 heterocycles. The highest BCUT2D eigenvalue weighted by atomic mass is 19.4. The summed E-state index contributed by atoms with van der Waals surface area (Å²) in [5.41, 5.74) is 5.51. The summed E-state index contributed by atoms with van der Waals surface area (Å²) in [4.78, 5) is 4.42. The fraction of sp³-hybridized carbons (Fsp3) is 0.600. The molecule has 6 heteroatoms. The van der Waals surface area contributed by atoms with E-state index in [1.807, 2.05) is 0 Å². The monoisotopic (exact) mass is 301 g/mol. The van der Waals surface area contributed by atoms with Gasteiger partial charge in [0.15, 0.2) is 0 Å². The van der Waals surface area contributed by atoms with Crippen molar-refractivity contribution in [2.45, 2.75) is 12.1 Å². The molecule has 3 nitrogen and oxygen atoms in total. The summed E-state index contributed by atoms with van der Waals surface area (Å²) in [7, 11) is 2.05. The predicted molar refractivity (Wildman–Crippen MR) is 77.2 cm³/mol. The molecule has 2 rings (SSSR count). The van der Waals surface area contributed by atoms with Gasteiger partial charge in [-0.1, -0.05) is 18.2 Å². The molecule has 1 aliphatic rings. The van der Waals surface area contributed by atoms with E-state index in [0.717, 1.165) is 32.2 Å². The summed E-state index contributed by atoms with van der Waals surface area (Å²) in [6, 6.07) is 5.77. The maximum atomic E-state index is 13.1. The number of nitrogens with zero attached hydrogens (tertiary/aromatic N) is 2. The Morgan fingerprint density at radius 3 is 2.33 bits per heavy atom. The standard InChI is InChI=1S/C15H22F3N3/c1-20-6-8-21(9-7-20)11-12(10-19)13-4-2-3-5-14(13)15(16,17)18/h2-5,12H,6-11,19H2,1H3. The molecule has 1 atom stereocenters. The lowest BCUT2D eigenvalue weighted by molar-refractivity contribution is -0.138. The SMILES string of the molecule is CN1CCN(CC(CN)c2ccccc2C(F)(F)F)CC1. The second kappa shape index (κ2) is 6.77. The maximum Gasteiger partial charge on any atom is 0.416 e. The molecular formula is C15H22F3N3. The third-order valence-corrected chi connectivity index (χ3v) is 4.07. The molecule has 1 fully saturated rings. The molecular weight excluding hydrogens is 279 g/mol. The number of alkyl halides is 3. The molecule has 0 saturated carbocycles. The van der Waals surface area contributed by atoms with E-state index in [-0.39, 0.29) is 12.5 Å². The Balaban J connectivity index is 2.14. The Morgan fingerprint density at radius 1 is 1.14 bits per heavy atom. The molecule has 0 bridgehead atoms. The largest absolute Gasteiger partial charge is 0.416 e. The fourth-order valence-corrected chi connectivity index (χ4v) is 2.75. The van der Waals surface area contributed by atoms with Crippen LogP contribution in [0.4, 0.5) is 13.2 Å². The predicted octanol–water partition coefficient (Wildman–Crippen LogP) is 2.00. The summed E-state index contributed by atoms with van der Waals surface area (Å²) in [6.45, 7) is 4.44. The van der Waals surface area contributed by atoms with Gasteiger partial charge in [-0.05, 0) is 18.7 Å². The lowest BCUT2D eigenvalue weighted by Gasteiger charge is -2.35. The zero-order chi connectivity index (χ0) is 15.5. The minimum atomic E-state index is -4.33. The molecule has 2 N–H and O–H groups in total. The second-order valence-corrected chi connectivity index (χ2v) is 5.62. The Morgan fingerprint density at radius 2 is 1.76 bits per heavy atom. The number of benzene rings is 1. The normalized spacial score (nSPS) is 19.7. The van der Waals surface area contributed by atoms with E-state index in [1.165, 1.54) is 6.07 Å². The van der Waals surface area contributed by atoms with Crippen molar-refractivity contribution in [3.63, 3.8) is 0 Å². The molecule has 21 heavy (non-hydrogen) atoms. The summed E-state index contributed by atoms with van der Waals surface area (Å²) in [5, 5.41) is 0. The first-order chi connectivity index (χ1) is 9.91. The average Bonchev–Trinajstić information content (AvgIpc) is 2.46. The highest BCUT2D eigenvalue weighted by Crippen LogP contribution is 2.35. The first-order valence-corrected chi connectivity index (χ1v) is 7.19. The van der Waals surface area contributed by atoms with Gasteiger partial charge in [0.2, 0.25) is 0 Å². The number of likely N-dealkylation sites (N-methyl/N-ethyl adjacent to an activating group) is 1. The minimum absolute atomic E-state index is 0.222. The Hall–Kier alpha value is -1.11. The van der Waals surface area contributed by atoms with Crippen LogP contribution in [0.1, 0.15) is 17.0 Å². The molecule has 0 aliphatic carbocycles. The summed E-state index contributed by atoms with van der Waals surface area (Å²) in [6.07, 6.45) is -4.33. The zero-order valence-corrected chi connectivity index (χ0v) is 12.2. The molecule has 0 radical (unpaired) electrons. The van der Waals surface area contributed by atoms with Gasteiger partial charge in [-0.15, -0.1) is 0 Å². The zero-order valence-electron chi connectivity index (χ0n) is 12.2. The first kappa shape index (κ1) is 16.3. The van der Waals surface area contributed by atoms with E-state index in [4.69, 9.17) is 5.73 Å². The van der Waals surface area contributed by atoms with Crippen molar-refractivity contribution in [2.75, 3.05) is 46.3 Å². The number of piperazine rings is 1. The molecule has 1 saturated heterocycles. The number of rotatable bonds is 4. The van der Waals surface area contributed by atoms with Gasteiger partial charge in [0.25, 0.3) is 0 Å². The first-order valence-electron chi connectivity index (χ1n) is 7.19. The molecule has 1 aliphatic heterocycles. The van der Waals surface area contributed by atoms with Crippen molar-refractivity contribution in [3.05, 3.63) is 35.4 Å². The van der Waals surface area contributed by atoms with Crippen LogP contribution in [0.15, 0.2) is 24.3 Å². The van der Waals surface area contributed by atoms with E-state index < -0.39 is 11.7 Å². The van der Waals surface area contributed by atoms with Crippen LogP contribution in [0.25, 0.3) is 0 Å². The van der Waals surface area contributed by atoms with Gasteiger partial charge >= 0.3 is 6.18 Å². The highest BCUT2D eigenvalue weighted by molar-refractivity contribution is 5.33. The van der Waals surface area contributed by atoms with E-state index in [9.17, 15) is 13.2 Å². The number of nitrogens with two attached hydrogens (primary N) is 1. The Bertz CT molecular complexity index is 454. The van der Waals surface area contributed by atoms with Gasteiger partial charge in [0, 0.05) is 45.2 Å². The van der Waals surface area contributed by atoms with Crippen molar-refractivity contribution in [1.29, 1.82) is 0 Å². The lowest BCUT2D eigenvalue weighted by atomic mass is 9.93. The van der Waals surface area contributed by atoms with E-state index >= 15 is 0 Å². The van der Waals surface area contributed by atoms with Gasteiger partial charge in [-0.2, -0.15) is 13.2 Å². The smallest absolute Gasteiger partial charge is 0.330 e. The average molecular weight is 301 g/mol. The van der Waals surface area contributed by atoms with Crippen LogP contribution >= 0.6 is 0 Å². The van der Waals surface area contributed by atoms with Crippen LogP contribution in [-0.4, -0.2) is 56.1 Å². The van der Waals surface area contributed by atoms with Gasteiger partial charge in [-0.3, -0.25) is 0 Å². The van der Waals surface area contributed by atoms with E-state index in [1.54, 1.807) is 12.1 Å².